The molecule has 2 rings (SSSR count). The molecule has 0 amide bonds. The molecule has 5 heteroatoms. The van der Waals surface area contributed by atoms with Gasteiger partial charge in [0.15, 0.2) is 5.75 Å². The fourth-order valence-corrected chi connectivity index (χ4v) is 2.42. The van der Waals surface area contributed by atoms with Crippen molar-refractivity contribution in [3.8, 4) is 17.2 Å². The zero-order valence-corrected chi connectivity index (χ0v) is 15.5. The highest BCUT2D eigenvalue weighted by Crippen LogP contribution is 2.39. The third kappa shape index (κ3) is 4.78. The lowest BCUT2D eigenvalue weighted by molar-refractivity contribution is 0.132. The molecule has 1 aromatic carbocycles. The summed E-state index contributed by atoms with van der Waals surface area (Å²) in [7, 11) is 1.51. The molecule has 0 aliphatic carbocycles. The number of methoxy groups -OCH3 is 1. The quantitative estimate of drug-likeness (QED) is 0.413. The predicted octanol–water partition coefficient (Wildman–Crippen LogP) is 4.71. The molecule has 0 aliphatic heterocycles. The molecule has 0 saturated heterocycles. The molecule has 0 atom stereocenters. The van der Waals surface area contributed by atoms with E-state index < -0.39 is 11.2 Å². The average Bonchev–Trinajstić information content (AvgIpc) is 2.53. The van der Waals surface area contributed by atoms with Crippen LogP contribution in [0.4, 0.5) is 0 Å². The first kappa shape index (κ1) is 18.9. The van der Waals surface area contributed by atoms with Gasteiger partial charge in [0.2, 0.25) is 5.75 Å². The molecule has 0 N–H and O–H groups in total. The van der Waals surface area contributed by atoms with Gasteiger partial charge < -0.3 is 18.6 Å². The Kier molecular flexibility index (Phi) is 6.12. The van der Waals surface area contributed by atoms with Gasteiger partial charge in [0.05, 0.1) is 13.7 Å². The summed E-state index contributed by atoms with van der Waals surface area (Å²) < 4.78 is 22.6. The topological polar surface area (TPSA) is 57.9 Å². The maximum atomic E-state index is 12.3. The maximum absolute atomic E-state index is 12.3. The Morgan fingerprint density at radius 2 is 1.92 bits per heavy atom. The van der Waals surface area contributed by atoms with Crippen LogP contribution in [0.15, 0.2) is 39.6 Å². The van der Waals surface area contributed by atoms with Crippen LogP contribution in [-0.2, 0) is 0 Å². The molecule has 1 heterocycles. The van der Waals surface area contributed by atoms with Gasteiger partial charge in [-0.15, -0.1) is 0 Å². The summed E-state index contributed by atoms with van der Waals surface area (Å²) in [6.07, 6.45) is 5.74. The van der Waals surface area contributed by atoms with E-state index in [4.69, 9.17) is 18.6 Å². The number of rotatable bonds is 7. The lowest BCUT2D eigenvalue weighted by atomic mass is 10.1. The molecule has 0 spiro atoms. The Bertz CT molecular complexity index is 796. The van der Waals surface area contributed by atoms with Crippen LogP contribution >= 0.6 is 0 Å². The van der Waals surface area contributed by atoms with Crippen LogP contribution in [0.25, 0.3) is 11.0 Å². The molecule has 0 saturated carbocycles. The van der Waals surface area contributed by atoms with Crippen LogP contribution in [-0.4, -0.2) is 19.3 Å². The first-order chi connectivity index (χ1) is 11.9. The Balaban J connectivity index is 2.48. The third-order valence-corrected chi connectivity index (χ3v) is 3.36. The Hall–Kier alpha value is -2.43. The largest absolute Gasteiger partial charge is 0.492 e. The highest BCUT2D eigenvalue weighted by atomic mass is 16.5. The van der Waals surface area contributed by atoms with Crippen molar-refractivity contribution in [1.29, 1.82) is 0 Å². The first-order valence-corrected chi connectivity index (χ1v) is 8.48. The van der Waals surface area contributed by atoms with Crippen molar-refractivity contribution in [2.75, 3.05) is 13.7 Å². The van der Waals surface area contributed by atoms with Gasteiger partial charge in [0.25, 0.3) is 0 Å². The molecule has 0 fully saturated rings. The highest BCUT2D eigenvalue weighted by molar-refractivity contribution is 5.91. The number of ether oxygens (including phenoxy) is 3. The monoisotopic (exact) mass is 346 g/mol. The van der Waals surface area contributed by atoms with Crippen molar-refractivity contribution in [2.45, 2.75) is 46.1 Å². The molecule has 0 aliphatic rings. The SMILES string of the molecule is CCC=CCCOc1c(OC)c2c(OC(C)(C)C)cccc2oc1=O. The van der Waals surface area contributed by atoms with Crippen LogP contribution in [0.2, 0.25) is 0 Å². The van der Waals surface area contributed by atoms with Crippen LogP contribution in [0, 0.1) is 0 Å². The van der Waals surface area contributed by atoms with Gasteiger partial charge in [-0.05, 0) is 45.7 Å². The smallest absolute Gasteiger partial charge is 0.383 e. The molecular formula is C20H26O5. The summed E-state index contributed by atoms with van der Waals surface area (Å²) in [5, 5.41) is 0.596. The van der Waals surface area contributed by atoms with Gasteiger partial charge in [0.1, 0.15) is 22.3 Å². The van der Waals surface area contributed by atoms with E-state index in [1.54, 1.807) is 12.1 Å². The minimum absolute atomic E-state index is 0.0739. The molecule has 25 heavy (non-hydrogen) atoms. The van der Waals surface area contributed by atoms with Crippen molar-refractivity contribution in [2.24, 2.45) is 0 Å². The number of hydrogen-bond acceptors (Lipinski definition) is 5. The van der Waals surface area contributed by atoms with Gasteiger partial charge >= 0.3 is 5.63 Å². The Labute approximate surface area is 148 Å². The van der Waals surface area contributed by atoms with E-state index in [0.29, 0.717) is 35.5 Å². The van der Waals surface area contributed by atoms with Gasteiger partial charge in [-0.3, -0.25) is 0 Å². The second-order valence-electron chi connectivity index (χ2n) is 6.61. The van der Waals surface area contributed by atoms with Crippen molar-refractivity contribution in [3.63, 3.8) is 0 Å². The van der Waals surface area contributed by atoms with E-state index in [1.165, 1.54) is 7.11 Å². The normalized spacial score (nSPS) is 11.9. The first-order valence-electron chi connectivity index (χ1n) is 8.48. The maximum Gasteiger partial charge on any atom is 0.383 e. The summed E-state index contributed by atoms with van der Waals surface area (Å²) in [5.41, 5.74) is -0.556. The third-order valence-electron chi connectivity index (χ3n) is 3.36. The van der Waals surface area contributed by atoms with E-state index in [2.05, 4.69) is 13.0 Å². The van der Waals surface area contributed by atoms with Gasteiger partial charge in [-0.25, -0.2) is 4.79 Å². The fraction of sp³-hybridized carbons (Fsp3) is 0.450. The van der Waals surface area contributed by atoms with E-state index in [9.17, 15) is 4.79 Å². The lowest BCUT2D eigenvalue weighted by Crippen LogP contribution is -2.23. The zero-order valence-electron chi connectivity index (χ0n) is 15.5. The Morgan fingerprint density at radius 1 is 1.16 bits per heavy atom. The number of benzene rings is 1. The molecule has 2 aromatic rings. The predicted molar refractivity (Wildman–Crippen MR) is 99.0 cm³/mol. The second-order valence-corrected chi connectivity index (χ2v) is 6.61. The standard InChI is InChI=1S/C20H26O5/c1-6-7-8-9-13-23-18-17(22-5)16-14(24-19(18)21)11-10-12-15(16)25-20(2,3)4/h7-8,10-12H,6,9,13H2,1-5H3. The summed E-state index contributed by atoms with van der Waals surface area (Å²) in [4.78, 5) is 12.3. The molecule has 5 nitrogen and oxygen atoms in total. The second kappa shape index (κ2) is 8.10. The average molecular weight is 346 g/mol. The van der Waals surface area contributed by atoms with E-state index in [1.807, 2.05) is 32.9 Å². The molecule has 0 bridgehead atoms. The van der Waals surface area contributed by atoms with Crippen molar-refractivity contribution >= 4 is 11.0 Å². The van der Waals surface area contributed by atoms with E-state index in [0.717, 1.165) is 6.42 Å². The van der Waals surface area contributed by atoms with E-state index >= 15 is 0 Å². The number of fused-ring (bicyclic) bond motifs is 1. The molecule has 0 radical (unpaired) electrons. The molecule has 1 aromatic heterocycles. The van der Waals surface area contributed by atoms with Crippen molar-refractivity contribution < 1.29 is 18.6 Å². The minimum atomic E-state index is -0.559. The van der Waals surface area contributed by atoms with Gasteiger partial charge in [0, 0.05) is 0 Å². The van der Waals surface area contributed by atoms with Crippen LogP contribution in [0.1, 0.15) is 40.5 Å². The van der Waals surface area contributed by atoms with Crippen LogP contribution in [0.5, 0.6) is 17.2 Å². The summed E-state index contributed by atoms with van der Waals surface area (Å²) >= 11 is 0. The van der Waals surface area contributed by atoms with Gasteiger partial charge in [-0.2, -0.15) is 0 Å². The van der Waals surface area contributed by atoms with Crippen molar-refractivity contribution in [3.05, 3.63) is 40.8 Å². The highest BCUT2D eigenvalue weighted by Gasteiger charge is 2.22. The minimum Gasteiger partial charge on any atom is -0.492 e. The summed E-state index contributed by atoms with van der Waals surface area (Å²) in [5.74, 6) is 0.997. The van der Waals surface area contributed by atoms with Crippen molar-refractivity contribution in [1.82, 2.24) is 0 Å². The van der Waals surface area contributed by atoms with E-state index in [-0.39, 0.29) is 5.75 Å². The number of allylic oxidation sites excluding steroid dienone is 1. The van der Waals surface area contributed by atoms with Gasteiger partial charge in [-0.1, -0.05) is 25.1 Å². The summed E-state index contributed by atoms with van der Waals surface area (Å²) in [6.45, 7) is 8.29. The Morgan fingerprint density at radius 3 is 2.56 bits per heavy atom. The molecule has 0 unspecified atom stereocenters. The molecular weight excluding hydrogens is 320 g/mol. The number of hydrogen-bond donors (Lipinski definition) is 0. The molecule has 136 valence electrons. The lowest BCUT2D eigenvalue weighted by Gasteiger charge is -2.23. The van der Waals surface area contributed by atoms with Crippen LogP contribution < -0.4 is 19.8 Å². The van der Waals surface area contributed by atoms with Crippen LogP contribution in [0.3, 0.4) is 0 Å². The fourth-order valence-electron chi connectivity index (χ4n) is 2.42. The zero-order chi connectivity index (χ0) is 18.4. The summed E-state index contributed by atoms with van der Waals surface area (Å²) in [6, 6.07) is 5.31.